The zero-order valence-electron chi connectivity index (χ0n) is 78.6. The number of carbonyl (C=O) groups excluding carboxylic acids is 11. The summed E-state index contributed by atoms with van der Waals surface area (Å²) in [5.41, 5.74) is 10.9. The first-order valence-electron chi connectivity index (χ1n) is 46.3. The number of aryl methyl sites for hydroxylation is 2. The molecule has 7 rings (SSSR count). The molecule has 1 aliphatic carbocycles. The Bertz CT molecular complexity index is 5270. The van der Waals surface area contributed by atoms with Crippen LogP contribution in [0.5, 0.6) is 0 Å². The van der Waals surface area contributed by atoms with Gasteiger partial charge in [0.1, 0.15) is 84.0 Å². The molecule has 4 aromatic heterocycles. The first-order valence-corrected chi connectivity index (χ1v) is 51.2. The lowest BCUT2D eigenvalue weighted by Gasteiger charge is -2.26. The van der Waals surface area contributed by atoms with E-state index in [0.717, 1.165) is 44.3 Å². The number of aromatic nitrogens is 4. The van der Waals surface area contributed by atoms with Crippen molar-refractivity contribution < 1.29 is 174 Å². The van der Waals surface area contributed by atoms with Crippen LogP contribution in [0.25, 0.3) is 22.2 Å². The molecule has 0 radical (unpaired) electrons. The fourth-order valence-electron chi connectivity index (χ4n) is 15.1. The second-order valence-electron chi connectivity index (χ2n) is 34.3. The van der Waals surface area contributed by atoms with Crippen molar-refractivity contribution in [2.75, 3.05) is 74.8 Å². The fourth-order valence-corrected chi connectivity index (χ4v) is 19.2. The van der Waals surface area contributed by atoms with Gasteiger partial charge in [-0.3, -0.25) is 76.9 Å². The molecule has 52 heteroatoms. The van der Waals surface area contributed by atoms with E-state index in [0.29, 0.717) is 40.3 Å². The maximum Gasteiger partial charge on any atom is 0.327 e. The van der Waals surface area contributed by atoms with E-state index in [1.807, 2.05) is 72.8 Å². The molecule has 19 atom stereocenters. The molecule has 6 aromatic rings. The molecule has 0 spiro atoms. The summed E-state index contributed by atoms with van der Waals surface area (Å²) in [7, 11) is 3.00. The van der Waals surface area contributed by atoms with Crippen LogP contribution in [0, 0.1) is 23.7 Å². The first kappa shape index (κ1) is 123. The molecule has 0 aliphatic heterocycles. The van der Waals surface area contributed by atoms with E-state index in [2.05, 4.69) is 64.5 Å². The third kappa shape index (κ3) is 41.8. The van der Waals surface area contributed by atoms with Crippen LogP contribution in [-0.4, -0.2) is 366 Å². The number of thioether (sulfide) groups is 1. The van der Waals surface area contributed by atoms with Crippen LogP contribution in [0.3, 0.4) is 0 Å². The minimum Gasteiger partial charge on any atom is -0.481 e. The van der Waals surface area contributed by atoms with Crippen LogP contribution in [0.2, 0.25) is 0 Å². The van der Waals surface area contributed by atoms with Gasteiger partial charge < -0.3 is 144 Å². The monoisotopic (exact) mass is 2130 g/mol. The van der Waals surface area contributed by atoms with Crippen molar-refractivity contribution in [3.63, 3.8) is 0 Å². The number of H-pyrrole nitrogens is 2. The van der Waals surface area contributed by atoms with E-state index in [4.69, 9.17) is 15.6 Å². The number of benzene rings is 2. The summed E-state index contributed by atoms with van der Waals surface area (Å²) in [5.74, 6) is -21.1. The van der Waals surface area contributed by atoms with Gasteiger partial charge in [0.25, 0.3) is 5.56 Å². The third-order valence-corrected chi connectivity index (χ3v) is 28.3. The molecule has 145 heavy (non-hydrogen) atoms. The number of amides is 6. The summed E-state index contributed by atoms with van der Waals surface area (Å²) >= 11 is 6.70. The van der Waals surface area contributed by atoms with Crippen molar-refractivity contribution >= 4 is 163 Å². The number of thiophene rings is 1. The van der Waals surface area contributed by atoms with Crippen molar-refractivity contribution in [3.05, 3.63) is 128 Å². The Hall–Kier alpha value is -10.8. The number of ether oxygens (including phenoxy) is 1. The normalized spacial score (nSPS) is 15.7. The van der Waals surface area contributed by atoms with Gasteiger partial charge in [0.15, 0.2) is 17.3 Å². The van der Waals surface area contributed by atoms with Gasteiger partial charge in [-0.25, -0.2) is 9.78 Å². The Kier molecular flexibility index (Phi) is 53.9. The Labute approximate surface area is 851 Å². The maximum absolute atomic E-state index is 14.7. The van der Waals surface area contributed by atoms with Gasteiger partial charge in [-0.05, 0) is 121 Å². The topological polar surface area (TPSA) is 822 Å². The molecule has 0 bridgehead atoms. The number of hydrogen-bond donors (Lipinski definition) is 29. The second-order valence-corrected chi connectivity index (χ2v) is 39.5. The van der Waals surface area contributed by atoms with E-state index in [1.165, 1.54) is 44.7 Å². The molecule has 47 nitrogen and oxygen atoms in total. The largest absolute Gasteiger partial charge is 0.481 e. The highest BCUT2D eigenvalue weighted by Gasteiger charge is 2.39. The molecule has 1 aliphatic rings. The number of carboxylic acids is 4. The number of aliphatic hydroxyl groups excluding tert-OH is 15. The number of aliphatic carboxylic acids is 4. The number of thiol groups is 1. The molecular weight excluding hydrogens is 2010 g/mol. The molecular formula is C93H127N11O36S5. The van der Waals surface area contributed by atoms with E-state index in [9.17, 15) is 169 Å². The van der Waals surface area contributed by atoms with Crippen molar-refractivity contribution in [1.82, 2.24) is 51.8 Å². The van der Waals surface area contributed by atoms with Crippen LogP contribution < -0.4 is 43.2 Å². The Morgan fingerprint density at radius 1 is 0.490 bits per heavy atom. The number of fused-ring (bicyclic) bond motifs is 4. The van der Waals surface area contributed by atoms with Crippen LogP contribution in [-0.2, 0) is 84.7 Å². The number of carbonyl (C=O) groups is 15. The molecule has 6 amide bonds. The standard InChI is InChI=1S/C66H98N6O30S2.C27H29N5O6S3/c73-27-49(82)60(95)57(92)46(79)24-67-52(85)14-9-32(21-35(76)19-20-104-31-40-38-7-3-1-5-36(38)37-6-2-4-8-39(37)40)63(98)70-41(12-17-55(88)89)44(77)22-33(10-15-53(86)68-25-47(80)58(93)61(96)50(83)28-74)64(99)71-42(13-18-56(90)91)45(78)23-34(65(100)72-43(30-103)66(101)102)11-16-54(87)69-26-48(81)59(94)62(97)51(84)29-75;28-27-31-24-19(25(35)32-27)15-17(30-24)4-3-5-18-8-9-21(40-18)20(33)14-16(26(36)37)7-10-23(34)38-12-13-39-41-22-6-1-2-11-29-22/h1-8,32-34,40-43,46-51,57-62,73-75,79-84,92-97,103H,9-31H2,(H,67,85)(H,68,86)(H,69,87)(H,70,98)(H,71,99)(H,72,100)(H,88,89)(H,90,91)(H,101,102);1-2,6,8-9,11,15-16H,3-5,7,10,12-14H2,(H,36,37)(H4,28,30,31,32,35)/t32-,33-,34-,41+,42+,43+,46+,47+,48+,49-,50-,51-,57-,58-,59-,60-,61-,62-;16-/m11/s1. The highest BCUT2D eigenvalue weighted by Crippen LogP contribution is 2.46. The smallest absolute Gasteiger partial charge is 0.327 e. The first-order chi connectivity index (χ1) is 68.9. The van der Waals surface area contributed by atoms with Gasteiger partial charge in [-0.2, -0.15) is 29.4 Å². The van der Waals surface area contributed by atoms with Gasteiger partial charge in [-0.1, -0.05) is 65.4 Å². The number of nitrogens with two attached hydrogens (primary N) is 1. The zero-order chi connectivity index (χ0) is 107. The van der Waals surface area contributed by atoms with Gasteiger partial charge in [0.2, 0.25) is 41.4 Å². The highest BCUT2D eigenvalue weighted by atomic mass is 33.1. The number of ketones is 4. The number of aliphatic hydroxyl groups is 15. The van der Waals surface area contributed by atoms with Crippen LogP contribution >= 0.6 is 57.3 Å². The summed E-state index contributed by atoms with van der Waals surface area (Å²) in [6, 6.07) is 21.1. The highest BCUT2D eigenvalue weighted by molar-refractivity contribution is 8.76. The van der Waals surface area contributed by atoms with Crippen LogP contribution in [0.15, 0.2) is 101 Å². The molecule has 0 saturated heterocycles. The quantitative estimate of drug-likeness (QED) is 0.00609. The molecule has 0 fully saturated rings. The number of rotatable bonds is 70. The van der Waals surface area contributed by atoms with E-state index in [-0.39, 0.29) is 61.3 Å². The minimum absolute atomic E-state index is 0.0296. The molecule has 0 unspecified atom stereocenters. The number of nitrogen functional groups attached to an aromatic ring is 1. The number of carboxylic acid groups (broad SMARTS) is 4. The Morgan fingerprint density at radius 3 is 1.39 bits per heavy atom. The minimum atomic E-state index is -2.17. The maximum atomic E-state index is 14.7. The number of hydrogen-bond acceptors (Lipinski definition) is 40. The van der Waals surface area contributed by atoms with E-state index >= 15 is 0 Å². The number of aromatic amines is 2. The van der Waals surface area contributed by atoms with Crippen molar-refractivity contribution in [2.45, 2.75) is 231 Å². The third-order valence-electron chi connectivity index (χ3n) is 23.5. The molecule has 800 valence electrons. The summed E-state index contributed by atoms with van der Waals surface area (Å²) in [4.78, 5) is 226. The number of nitrogens with one attached hydrogen (secondary N) is 8. The van der Waals surface area contributed by atoms with Crippen LogP contribution in [0.4, 0.5) is 5.95 Å². The summed E-state index contributed by atoms with van der Waals surface area (Å²) in [5, 5.41) is 203. The zero-order valence-corrected chi connectivity index (χ0v) is 82.8. The van der Waals surface area contributed by atoms with Gasteiger partial charge >= 0.3 is 29.8 Å². The van der Waals surface area contributed by atoms with E-state index in [1.54, 1.807) is 18.3 Å². The lowest BCUT2D eigenvalue weighted by Crippen LogP contribution is -2.50. The number of esters is 1. The number of pyridine rings is 1. The average molecular weight is 2140 g/mol. The predicted molar refractivity (Wildman–Crippen MR) is 526 cm³/mol. The lowest BCUT2D eigenvalue weighted by molar-refractivity contribution is -0.145. The SMILES string of the molecule is Nc1nc2[nH]c(CCCc3ccc(C(=O)C[C@@H](CCC(=O)OCCSSc4ccccn4)C(=O)O)s3)cc2c(=O)[nH]1.O=C(O)CC[C@H](NC(=O)[C@H](CCC(=O)NC[C@H](O)[C@@H](O)[C@H](O)[C@H](O)CO)CC(=O)CCSCC1c2ccccc2-c2ccccc21)C(=O)C[C@@H](CCC(=O)NC[C@H](O)[C@@H](O)[C@H](O)[C@H](O)CO)C(=O)N[C@@H](CCC(=O)O)C(=O)C[C@@H](CCC(=O)NC[C@H](O)[C@@H](O)[C@H](O)[C@H](O)CO)C(=O)N[C@@H](CS)C(=O)O. The van der Waals surface area contributed by atoms with Crippen molar-refractivity contribution in [1.29, 1.82) is 0 Å². The second kappa shape index (κ2) is 63.6. The van der Waals surface area contributed by atoms with Crippen LogP contribution in [0.1, 0.15) is 153 Å². The summed E-state index contributed by atoms with van der Waals surface area (Å²) in [6.45, 7) is -5.29. The fraction of sp³-hybridized carbons (Fsp3) is 0.548. The summed E-state index contributed by atoms with van der Waals surface area (Å²) < 4.78 is 5.20. The van der Waals surface area contributed by atoms with Crippen molar-refractivity contribution in [2.24, 2.45) is 23.7 Å². The van der Waals surface area contributed by atoms with Crippen molar-refractivity contribution in [3.8, 4) is 11.1 Å². The summed E-state index contributed by atoms with van der Waals surface area (Å²) in [6.07, 6.45) is -30.7. The molecule has 2 aromatic carbocycles. The van der Waals surface area contributed by atoms with E-state index < -0.39 is 326 Å². The lowest BCUT2D eigenvalue weighted by atomic mass is 9.89. The Balaban J connectivity index is 0.000000645. The predicted octanol–water partition coefficient (Wildman–Crippen LogP) is -2.65. The number of Topliss-reactive ketones (excluding diaryl/α,β-unsaturated/α-hetero) is 4. The molecule has 4 heterocycles. The molecule has 29 N–H and O–H groups in total. The van der Waals surface area contributed by atoms with Gasteiger partial charge in [-0.15, -0.1) is 11.3 Å². The Morgan fingerprint density at radius 2 is 0.945 bits per heavy atom. The average Bonchev–Trinajstić information content (AvgIpc) is 1.61. The molecule has 0 saturated carbocycles. The van der Waals surface area contributed by atoms with Gasteiger partial charge in [0.05, 0.1) is 66.4 Å². The van der Waals surface area contributed by atoms with Gasteiger partial charge in [0, 0.05) is 154 Å². The number of nitrogens with zero attached hydrogens (tertiary/aromatic N) is 2. The number of anilines is 1.